The molecule has 1 N–H and O–H groups in total. The maximum absolute atomic E-state index is 12.2. The number of anilines is 1. The zero-order chi connectivity index (χ0) is 17.9. The summed E-state index contributed by atoms with van der Waals surface area (Å²) >= 11 is 1.18. The molecule has 0 aliphatic carbocycles. The highest BCUT2D eigenvalue weighted by molar-refractivity contribution is 7.15. The van der Waals surface area contributed by atoms with Crippen molar-refractivity contribution in [3.05, 3.63) is 49.0 Å². The number of benzene rings is 1. The van der Waals surface area contributed by atoms with Crippen LogP contribution >= 0.6 is 11.3 Å². The Morgan fingerprint density at radius 3 is 2.25 bits per heavy atom. The Labute approximate surface area is 139 Å². The molecule has 11 heteroatoms. The molecule has 0 atom stereocenters. The first-order valence-electron chi connectivity index (χ1n) is 6.84. The minimum Gasteiger partial charge on any atom is -0.296 e. The zero-order valence-electron chi connectivity index (χ0n) is 12.8. The second kappa shape index (κ2) is 7.08. The molecule has 2 rings (SSSR count). The van der Waals surface area contributed by atoms with E-state index in [1.54, 1.807) is 0 Å². The summed E-state index contributed by atoms with van der Waals surface area (Å²) in [6.07, 6.45) is 0.704. The van der Waals surface area contributed by atoms with E-state index in [9.17, 15) is 25.0 Å². The molecule has 0 bridgehead atoms. The van der Waals surface area contributed by atoms with Gasteiger partial charge in [-0.2, -0.15) is 0 Å². The van der Waals surface area contributed by atoms with Gasteiger partial charge in [-0.1, -0.05) is 25.2 Å². The quantitative estimate of drug-likeness (QED) is 0.623. The van der Waals surface area contributed by atoms with Gasteiger partial charge in [-0.15, -0.1) is 10.2 Å². The SMILES string of the molecule is CC(C)Cc1nnc(NC(=O)c2cc([N+](=O)[O-])cc([N+](=O)[O-])c2)s1. The normalized spacial score (nSPS) is 10.6. The van der Waals surface area contributed by atoms with Crippen LogP contribution in [-0.4, -0.2) is 26.0 Å². The maximum Gasteiger partial charge on any atom is 0.277 e. The van der Waals surface area contributed by atoms with Gasteiger partial charge in [0, 0.05) is 18.6 Å². The number of nitro groups is 2. The Morgan fingerprint density at radius 2 is 1.75 bits per heavy atom. The Bertz CT molecular complexity index is 772. The van der Waals surface area contributed by atoms with Crippen LogP contribution in [0.3, 0.4) is 0 Å². The fourth-order valence-corrected chi connectivity index (χ4v) is 2.79. The average Bonchev–Trinajstić information content (AvgIpc) is 2.92. The Hall–Kier alpha value is -2.95. The van der Waals surface area contributed by atoms with E-state index >= 15 is 0 Å². The van der Waals surface area contributed by atoms with Crippen LogP contribution in [0.25, 0.3) is 0 Å². The highest BCUT2D eigenvalue weighted by Gasteiger charge is 2.20. The lowest BCUT2D eigenvalue weighted by Gasteiger charge is -2.02. The van der Waals surface area contributed by atoms with Gasteiger partial charge in [-0.25, -0.2) is 0 Å². The lowest BCUT2D eigenvalue weighted by molar-refractivity contribution is -0.394. The smallest absolute Gasteiger partial charge is 0.277 e. The van der Waals surface area contributed by atoms with Crippen LogP contribution in [0.15, 0.2) is 18.2 Å². The molecule has 0 saturated heterocycles. The van der Waals surface area contributed by atoms with Crippen molar-refractivity contribution in [2.24, 2.45) is 5.92 Å². The van der Waals surface area contributed by atoms with Crippen LogP contribution in [0.1, 0.15) is 29.2 Å². The summed E-state index contributed by atoms with van der Waals surface area (Å²) < 4.78 is 0. The lowest BCUT2D eigenvalue weighted by atomic mass is 10.1. The molecule has 1 aromatic carbocycles. The molecule has 10 nitrogen and oxygen atoms in total. The topological polar surface area (TPSA) is 141 Å². The zero-order valence-corrected chi connectivity index (χ0v) is 13.6. The first-order valence-corrected chi connectivity index (χ1v) is 7.65. The van der Waals surface area contributed by atoms with Crippen molar-refractivity contribution in [2.45, 2.75) is 20.3 Å². The number of nitrogens with zero attached hydrogens (tertiary/aromatic N) is 4. The van der Waals surface area contributed by atoms with Crippen molar-refractivity contribution < 1.29 is 14.6 Å². The van der Waals surface area contributed by atoms with Gasteiger partial charge in [-0.3, -0.25) is 30.3 Å². The predicted molar refractivity (Wildman–Crippen MR) is 86.2 cm³/mol. The third-order valence-electron chi connectivity index (χ3n) is 2.86. The molecule has 0 saturated carbocycles. The number of nitrogens with one attached hydrogen (secondary N) is 1. The number of carbonyl (C=O) groups is 1. The van der Waals surface area contributed by atoms with Crippen LogP contribution in [0, 0.1) is 26.1 Å². The highest BCUT2D eigenvalue weighted by atomic mass is 32.1. The first kappa shape index (κ1) is 17.4. The molecule has 24 heavy (non-hydrogen) atoms. The van der Waals surface area contributed by atoms with E-state index in [1.165, 1.54) is 11.3 Å². The van der Waals surface area contributed by atoms with Crippen molar-refractivity contribution >= 4 is 33.8 Å². The Balaban J connectivity index is 2.24. The second-order valence-corrected chi connectivity index (χ2v) is 6.37. The van der Waals surface area contributed by atoms with Gasteiger partial charge in [0.15, 0.2) is 0 Å². The van der Waals surface area contributed by atoms with Crippen molar-refractivity contribution in [1.82, 2.24) is 10.2 Å². The molecular formula is C13H13N5O5S. The van der Waals surface area contributed by atoms with Crippen molar-refractivity contribution in [3.8, 4) is 0 Å². The molecule has 1 aromatic heterocycles. The largest absolute Gasteiger partial charge is 0.296 e. The Morgan fingerprint density at radius 1 is 1.17 bits per heavy atom. The van der Waals surface area contributed by atoms with Gasteiger partial charge in [0.2, 0.25) is 5.13 Å². The minimum atomic E-state index is -0.796. The number of nitro benzene ring substituents is 2. The fraction of sp³-hybridized carbons (Fsp3) is 0.308. The lowest BCUT2D eigenvalue weighted by Crippen LogP contribution is -2.12. The molecule has 0 aliphatic heterocycles. The molecule has 2 aromatic rings. The summed E-state index contributed by atoms with van der Waals surface area (Å²) in [5.74, 6) is -0.352. The van der Waals surface area contributed by atoms with E-state index in [1.807, 2.05) is 13.8 Å². The monoisotopic (exact) mass is 351 g/mol. The molecular weight excluding hydrogens is 338 g/mol. The summed E-state index contributed by atoms with van der Waals surface area (Å²) in [4.78, 5) is 32.3. The third kappa shape index (κ3) is 4.29. The number of carbonyl (C=O) groups excluding carboxylic acids is 1. The number of hydrogen-bond acceptors (Lipinski definition) is 8. The number of amides is 1. The molecule has 0 radical (unpaired) electrons. The van der Waals surface area contributed by atoms with Gasteiger partial charge >= 0.3 is 0 Å². The van der Waals surface area contributed by atoms with E-state index in [0.717, 1.165) is 23.2 Å². The van der Waals surface area contributed by atoms with Crippen LogP contribution in [-0.2, 0) is 6.42 Å². The number of aromatic nitrogens is 2. The minimum absolute atomic E-state index is 0.198. The van der Waals surface area contributed by atoms with E-state index in [4.69, 9.17) is 0 Å². The molecule has 1 amide bonds. The third-order valence-corrected chi connectivity index (χ3v) is 3.72. The molecule has 1 heterocycles. The second-order valence-electron chi connectivity index (χ2n) is 5.31. The van der Waals surface area contributed by atoms with Crippen molar-refractivity contribution in [3.63, 3.8) is 0 Å². The van der Waals surface area contributed by atoms with Crippen LogP contribution < -0.4 is 5.32 Å². The summed E-state index contributed by atoms with van der Waals surface area (Å²) in [5.41, 5.74) is -1.27. The molecule has 0 fully saturated rings. The van der Waals surface area contributed by atoms with Crippen LogP contribution in [0.2, 0.25) is 0 Å². The summed E-state index contributed by atoms with van der Waals surface area (Å²) in [6.45, 7) is 4.03. The maximum atomic E-state index is 12.2. The standard InChI is InChI=1S/C13H13N5O5S/c1-7(2)3-11-15-16-13(24-11)14-12(19)8-4-9(17(20)21)6-10(5-8)18(22)23/h4-7H,3H2,1-2H3,(H,14,16,19). The fourth-order valence-electron chi connectivity index (χ4n) is 1.84. The molecule has 0 spiro atoms. The van der Waals surface area contributed by atoms with Gasteiger partial charge in [-0.05, 0) is 5.92 Å². The first-order chi connectivity index (χ1) is 11.3. The van der Waals surface area contributed by atoms with Gasteiger partial charge in [0.1, 0.15) is 5.01 Å². The highest BCUT2D eigenvalue weighted by Crippen LogP contribution is 2.24. The van der Waals surface area contributed by atoms with E-state index in [0.29, 0.717) is 12.3 Å². The Kier molecular flexibility index (Phi) is 5.14. The van der Waals surface area contributed by atoms with E-state index in [-0.39, 0.29) is 10.7 Å². The van der Waals surface area contributed by atoms with Gasteiger partial charge in [0.25, 0.3) is 17.3 Å². The van der Waals surface area contributed by atoms with E-state index < -0.39 is 27.1 Å². The van der Waals surface area contributed by atoms with Gasteiger partial charge in [0.05, 0.1) is 21.5 Å². The molecule has 0 unspecified atom stereocenters. The van der Waals surface area contributed by atoms with Crippen molar-refractivity contribution in [2.75, 3.05) is 5.32 Å². The average molecular weight is 351 g/mol. The predicted octanol–water partition coefficient (Wildman–Crippen LogP) is 2.81. The van der Waals surface area contributed by atoms with Crippen molar-refractivity contribution in [1.29, 1.82) is 0 Å². The molecule has 126 valence electrons. The number of non-ortho nitro benzene ring substituents is 2. The van der Waals surface area contributed by atoms with Crippen LogP contribution in [0.5, 0.6) is 0 Å². The number of rotatable bonds is 6. The van der Waals surface area contributed by atoms with Gasteiger partial charge < -0.3 is 0 Å². The summed E-state index contributed by atoms with van der Waals surface area (Å²) in [5, 5.41) is 32.9. The van der Waals surface area contributed by atoms with E-state index in [2.05, 4.69) is 15.5 Å². The summed E-state index contributed by atoms with van der Waals surface area (Å²) in [6, 6.07) is 2.74. The van der Waals surface area contributed by atoms with Crippen LogP contribution in [0.4, 0.5) is 16.5 Å². The summed E-state index contributed by atoms with van der Waals surface area (Å²) in [7, 11) is 0. The number of hydrogen-bond donors (Lipinski definition) is 1. The molecule has 0 aliphatic rings.